The molecule has 0 fully saturated rings. The quantitative estimate of drug-likeness (QED) is 0.749. The molecule has 3 aromatic rings. The molecule has 1 heterocycles. The number of hydrogen-bond acceptors (Lipinski definition) is 1. The largest absolute Gasteiger partial charge is 0.481 e. The zero-order valence-corrected chi connectivity index (χ0v) is 11.6. The molecule has 106 valence electrons. The number of benzene rings is 2. The third-order valence-corrected chi connectivity index (χ3v) is 3.82. The van der Waals surface area contributed by atoms with E-state index in [-0.39, 0.29) is 0 Å². The van der Waals surface area contributed by atoms with Gasteiger partial charge >= 0.3 is 5.97 Å². The zero-order chi connectivity index (χ0) is 14.7. The first-order valence-electron chi connectivity index (χ1n) is 7.06. The summed E-state index contributed by atoms with van der Waals surface area (Å²) in [6, 6.07) is 17.8. The van der Waals surface area contributed by atoms with Crippen LogP contribution in [0.3, 0.4) is 0 Å². The lowest BCUT2D eigenvalue weighted by Crippen LogP contribution is -2.19. The maximum absolute atomic E-state index is 11.6. The first-order valence-corrected chi connectivity index (χ1v) is 7.06. The number of para-hydroxylation sites is 1. The maximum atomic E-state index is 11.6. The lowest BCUT2D eigenvalue weighted by Gasteiger charge is -2.12. The Morgan fingerprint density at radius 1 is 1.00 bits per heavy atom. The molecule has 0 saturated carbocycles. The van der Waals surface area contributed by atoms with Crippen molar-refractivity contribution in [2.75, 3.05) is 0 Å². The average Bonchev–Trinajstić information content (AvgIpc) is 2.91. The smallest absolute Gasteiger partial charge is 0.307 e. The minimum Gasteiger partial charge on any atom is -0.481 e. The lowest BCUT2D eigenvalue weighted by molar-refractivity contribution is -0.141. The van der Waals surface area contributed by atoms with Crippen LogP contribution in [-0.4, -0.2) is 16.1 Å². The third-order valence-electron chi connectivity index (χ3n) is 3.82. The highest BCUT2D eigenvalue weighted by Gasteiger charge is 2.20. The number of nitrogens with one attached hydrogen (secondary N) is 1. The summed E-state index contributed by atoms with van der Waals surface area (Å²) >= 11 is 0. The van der Waals surface area contributed by atoms with Crippen LogP contribution in [0.25, 0.3) is 10.9 Å². The molecule has 0 amide bonds. The Morgan fingerprint density at radius 2 is 1.71 bits per heavy atom. The van der Waals surface area contributed by atoms with Gasteiger partial charge in [-0.15, -0.1) is 0 Å². The van der Waals surface area contributed by atoms with E-state index in [1.165, 1.54) is 0 Å². The number of carbonyl (C=O) groups is 1. The van der Waals surface area contributed by atoms with E-state index in [2.05, 4.69) is 4.98 Å². The van der Waals surface area contributed by atoms with Gasteiger partial charge in [-0.25, -0.2) is 0 Å². The van der Waals surface area contributed by atoms with Gasteiger partial charge in [-0.05, 0) is 30.0 Å². The molecule has 0 aliphatic carbocycles. The fourth-order valence-corrected chi connectivity index (χ4v) is 2.71. The van der Waals surface area contributed by atoms with Crippen molar-refractivity contribution in [2.24, 2.45) is 5.92 Å². The number of carboxylic acids is 1. The molecule has 0 radical (unpaired) electrons. The third kappa shape index (κ3) is 2.97. The molecule has 0 saturated heterocycles. The maximum Gasteiger partial charge on any atom is 0.307 e. The van der Waals surface area contributed by atoms with Crippen LogP contribution in [0.5, 0.6) is 0 Å². The predicted molar refractivity (Wildman–Crippen MR) is 83.3 cm³/mol. The Bertz CT molecular complexity index is 746. The summed E-state index contributed by atoms with van der Waals surface area (Å²) in [6.45, 7) is 0. The molecule has 0 bridgehead atoms. The molecule has 3 heteroatoms. The number of rotatable bonds is 5. The van der Waals surface area contributed by atoms with E-state index < -0.39 is 11.9 Å². The van der Waals surface area contributed by atoms with Gasteiger partial charge in [0.2, 0.25) is 0 Å². The van der Waals surface area contributed by atoms with E-state index in [1.54, 1.807) is 0 Å². The van der Waals surface area contributed by atoms with Crippen LogP contribution in [0, 0.1) is 5.92 Å². The Morgan fingerprint density at radius 3 is 2.48 bits per heavy atom. The number of aromatic nitrogens is 1. The predicted octanol–water partition coefficient (Wildman–Crippen LogP) is 3.65. The Balaban J connectivity index is 1.84. The normalized spacial score (nSPS) is 12.4. The molecule has 0 spiro atoms. The lowest BCUT2D eigenvalue weighted by atomic mass is 9.92. The zero-order valence-electron chi connectivity index (χ0n) is 11.6. The Hall–Kier alpha value is -2.55. The van der Waals surface area contributed by atoms with Crippen LogP contribution in [0.15, 0.2) is 60.8 Å². The van der Waals surface area contributed by atoms with Crippen molar-refractivity contribution in [3.8, 4) is 0 Å². The first kappa shape index (κ1) is 13.4. The molecule has 1 atom stereocenters. The Kier molecular flexibility index (Phi) is 3.73. The van der Waals surface area contributed by atoms with E-state index in [1.807, 2.05) is 60.8 Å². The number of H-pyrrole nitrogens is 1. The second-order valence-corrected chi connectivity index (χ2v) is 5.29. The Labute approximate surface area is 123 Å². The monoisotopic (exact) mass is 279 g/mol. The van der Waals surface area contributed by atoms with Crippen molar-refractivity contribution in [1.29, 1.82) is 0 Å². The average molecular weight is 279 g/mol. The number of hydrogen-bond donors (Lipinski definition) is 2. The van der Waals surface area contributed by atoms with E-state index in [9.17, 15) is 9.90 Å². The molecule has 21 heavy (non-hydrogen) atoms. The van der Waals surface area contributed by atoms with Crippen molar-refractivity contribution in [2.45, 2.75) is 12.8 Å². The van der Waals surface area contributed by atoms with Gasteiger partial charge in [0.25, 0.3) is 0 Å². The van der Waals surface area contributed by atoms with Crippen molar-refractivity contribution >= 4 is 16.9 Å². The van der Waals surface area contributed by atoms with Gasteiger partial charge in [0.05, 0.1) is 5.92 Å². The topological polar surface area (TPSA) is 53.1 Å². The van der Waals surface area contributed by atoms with Crippen LogP contribution in [0.4, 0.5) is 0 Å². The first-order chi connectivity index (χ1) is 10.2. The fourth-order valence-electron chi connectivity index (χ4n) is 2.71. The highest BCUT2D eigenvalue weighted by atomic mass is 16.4. The van der Waals surface area contributed by atoms with Crippen LogP contribution in [-0.2, 0) is 17.6 Å². The summed E-state index contributed by atoms with van der Waals surface area (Å²) < 4.78 is 0. The van der Waals surface area contributed by atoms with Crippen molar-refractivity contribution < 1.29 is 9.90 Å². The molecule has 2 aromatic carbocycles. The number of aliphatic carboxylic acids is 1. The van der Waals surface area contributed by atoms with Crippen LogP contribution >= 0.6 is 0 Å². The number of fused-ring (bicyclic) bond motifs is 1. The summed E-state index contributed by atoms with van der Waals surface area (Å²) in [6.07, 6.45) is 3.01. The van der Waals surface area contributed by atoms with Gasteiger partial charge in [0, 0.05) is 17.1 Å². The van der Waals surface area contributed by atoms with Crippen LogP contribution in [0.1, 0.15) is 11.1 Å². The van der Waals surface area contributed by atoms with Crippen molar-refractivity contribution in [3.05, 3.63) is 71.9 Å². The second kappa shape index (κ2) is 5.83. The van der Waals surface area contributed by atoms with Crippen LogP contribution in [0.2, 0.25) is 0 Å². The summed E-state index contributed by atoms with van der Waals surface area (Å²) in [5.74, 6) is -1.16. The SMILES string of the molecule is O=C(O)C(Cc1ccccc1)Cc1c[nH]c2ccccc12. The van der Waals surface area contributed by atoms with E-state index in [4.69, 9.17) is 0 Å². The van der Waals surface area contributed by atoms with Crippen molar-refractivity contribution in [1.82, 2.24) is 4.98 Å². The fraction of sp³-hybridized carbons (Fsp3) is 0.167. The molecule has 3 rings (SSSR count). The number of aromatic amines is 1. The standard InChI is InChI=1S/C18H17NO2/c20-18(21)14(10-13-6-2-1-3-7-13)11-15-12-19-17-9-5-4-8-16(15)17/h1-9,12,14,19H,10-11H2,(H,20,21). The van der Waals surface area contributed by atoms with Gasteiger partial charge in [-0.1, -0.05) is 48.5 Å². The van der Waals surface area contributed by atoms with Gasteiger partial charge in [0.1, 0.15) is 0 Å². The number of carboxylic acid groups (broad SMARTS) is 1. The van der Waals surface area contributed by atoms with E-state index in [0.29, 0.717) is 12.8 Å². The molecule has 0 aliphatic rings. The molecule has 1 unspecified atom stereocenters. The van der Waals surface area contributed by atoms with E-state index in [0.717, 1.165) is 22.0 Å². The minimum atomic E-state index is -0.746. The van der Waals surface area contributed by atoms with Gasteiger partial charge < -0.3 is 10.1 Å². The summed E-state index contributed by atoms with van der Waals surface area (Å²) in [5.41, 5.74) is 3.18. The minimum absolute atomic E-state index is 0.411. The molecule has 0 aliphatic heterocycles. The summed E-state index contributed by atoms with van der Waals surface area (Å²) in [4.78, 5) is 14.8. The molecule has 2 N–H and O–H groups in total. The molecular weight excluding hydrogens is 262 g/mol. The molecule has 3 nitrogen and oxygen atoms in total. The highest BCUT2D eigenvalue weighted by molar-refractivity contribution is 5.83. The molecular formula is C18H17NO2. The van der Waals surface area contributed by atoms with Gasteiger partial charge in [-0.3, -0.25) is 4.79 Å². The van der Waals surface area contributed by atoms with E-state index >= 15 is 0 Å². The molecule has 1 aromatic heterocycles. The summed E-state index contributed by atoms with van der Waals surface area (Å²) in [5, 5.41) is 10.6. The van der Waals surface area contributed by atoms with Crippen LogP contribution < -0.4 is 0 Å². The van der Waals surface area contributed by atoms with Gasteiger partial charge in [-0.2, -0.15) is 0 Å². The highest BCUT2D eigenvalue weighted by Crippen LogP contribution is 2.22. The summed E-state index contributed by atoms with van der Waals surface area (Å²) in [7, 11) is 0. The second-order valence-electron chi connectivity index (χ2n) is 5.29. The van der Waals surface area contributed by atoms with Gasteiger partial charge in [0.15, 0.2) is 0 Å². The van der Waals surface area contributed by atoms with Crippen molar-refractivity contribution in [3.63, 3.8) is 0 Å².